The van der Waals surface area contributed by atoms with Crippen LogP contribution in [-0.4, -0.2) is 89.6 Å². The molecule has 3 aliphatic rings. The quantitative estimate of drug-likeness (QED) is 0.233. The molecule has 2 aromatic carbocycles. The van der Waals surface area contributed by atoms with Crippen molar-refractivity contribution in [3.05, 3.63) is 70.8 Å². The number of benzene rings is 2. The molecular formula is C32H46N8. The highest BCUT2D eigenvalue weighted by Gasteiger charge is 2.31. The molecule has 0 unspecified atom stereocenters. The number of hydrogen-bond donors (Lipinski definition) is 8. The summed E-state index contributed by atoms with van der Waals surface area (Å²) in [6.07, 6.45) is 11.1. The summed E-state index contributed by atoms with van der Waals surface area (Å²) in [5.74, 6) is 5.40. The highest BCUT2D eigenvalue weighted by Crippen LogP contribution is 2.10. The molecule has 0 atom stereocenters. The molecular weight excluding hydrogens is 496 g/mol. The minimum atomic E-state index is -0.140. The van der Waals surface area contributed by atoms with E-state index < -0.39 is 0 Å². The second kappa shape index (κ2) is 15.9. The molecule has 2 aromatic rings. The Morgan fingerprint density at radius 2 is 0.775 bits per heavy atom. The van der Waals surface area contributed by atoms with Crippen molar-refractivity contribution < 1.29 is 0 Å². The minimum absolute atomic E-state index is 0.140. The monoisotopic (exact) mass is 542 g/mol. The summed E-state index contributed by atoms with van der Waals surface area (Å²) in [7, 11) is 0. The molecule has 0 spiro atoms. The lowest BCUT2D eigenvalue weighted by molar-refractivity contribution is 0.253. The molecule has 3 heterocycles. The number of terminal acetylenes is 2. The summed E-state index contributed by atoms with van der Waals surface area (Å²) < 4.78 is 0. The van der Waals surface area contributed by atoms with Crippen molar-refractivity contribution in [1.29, 1.82) is 0 Å². The van der Waals surface area contributed by atoms with E-state index in [1.807, 2.05) is 24.3 Å². The third-order valence-electron chi connectivity index (χ3n) is 7.79. The number of rotatable bonds is 6. The predicted molar refractivity (Wildman–Crippen MR) is 165 cm³/mol. The van der Waals surface area contributed by atoms with E-state index in [4.69, 9.17) is 12.8 Å². The summed E-state index contributed by atoms with van der Waals surface area (Å²) in [6.45, 7) is 12.1. The van der Waals surface area contributed by atoms with E-state index in [1.54, 1.807) is 0 Å². The summed E-state index contributed by atoms with van der Waals surface area (Å²) >= 11 is 0. The van der Waals surface area contributed by atoms with Crippen molar-refractivity contribution >= 4 is 0 Å². The maximum absolute atomic E-state index is 5.54. The Morgan fingerprint density at radius 1 is 0.500 bits per heavy atom. The third-order valence-corrected chi connectivity index (χ3v) is 7.79. The summed E-state index contributed by atoms with van der Waals surface area (Å²) in [5.41, 5.74) is 4.00. The standard InChI is InChI=1S/C32H46N8/c1-3-27-5-9-29(10-6-27)19-39-31-21-33-13-16-36-24-32(25-37-17-14-34-22-31,26-38-18-15-35-23-31)40-20-30-11-7-28(4-2)8-12-30/h1-2,5-12,33-40H,13-26H2. The van der Waals surface area contributed by atoms with Crippen molar-refractivity contribution in [3.63, 3.8) is 0 Å². The van der Waals surface area contributed by atoms with Crippen molar-refractivity contribution in [2.45, 2.75) is 24.2 Å². The van der Waals surface area contributed by atoms with E-state index in [9.17, 15) is 0 Å². The SMILES string of the molecule is C#Cc1ccc(CNC23CNCCNCC(NCc4ccc(C#C)cc4)(CNCCNC2)CNCCNC3)cc1. The lowest BCUT2D eigenvalue weighted by Crippen LogP contribution is -2.66. The Kier molecular flexibility index (Phi) is 12.0. The van der Waals surface area contributed by atoms with Crippen LogP contribution < -0.4 is 42.5 Å². The maximum Gasteiger partial charge on any atom is 0.0561 e. The molecule has 0 aromatic heterocycles. The van der Waals surface area contributed by atoms with Gasteiger partial charge in [0.1, 0.15) is 0 Å². The van der Waals surface area contributed by atoms with Crippen LogP contribution >= 0.6 is 0 Å². The zero-order valence-electron chi connectivity index (χ0n) is 23.7. The summed E-state index contributed by atoms with van der Waals surface area (Å²) in [6, 6.07) is 16.5. The van der Waals surface area contributed by atoms with Crippen molar-refractivity contribution in [3.8, 4) is 24.7 Å². The van der Waals surface area contributed by atoms with Crippen LogP contribution in [0.3, 0.4) is 0 Å². The Hall–Kier alpha value is -2.76. The van der Waals surface area contributed by atoms with E-state index in [0.29, 0.717) is 0 Å². The van der Waals surface area contributed by atoms with Gasteiger partial charge in [0.2, 0.25) is 0 Å². The lowest BCUT2D eigenvalue weighted by Gasteiger charge is -2.39. The second-order valence-corrected chi connectivity index (χ2v) is 11.0. The van der Waals surface area contributed by atoms with E-state index in [-0.39, 0.29) is 11.1 Å². The van der Waals surface area contributed by atoms with E-state index in [2.05, 4.69) is 78.6 Å². The molecule has 40 heavy (non-hydrogen) atoms. The van der Waals surface area contributed by atoms with Gasteiger partial charge < -0.3 is 42.5 Å². The van der Waals surface area contributed by atoms with Crippen LogP contribution in [0.25, 0.3) is 0 Å². The van der Waals surface area contributed by atoms with Gasteiger partial charge in [0, 0.05) is 103 Å². The molecule has 0 amide bonds. The normalized spacial score (nSPS) is 25.2. The average Bonchev–Trinajstić information content (AvgIpc) is 3.00. The Morgan fingerprint density at radius 3 is 1.02 bits per heavy atom. The van der Waals surface area contributed by atoms with Crippen LogP contribution in [0.15, 0.2) is 48.5 Å². The molecule has 0 aliphatic carbocycles. The highest BCUT2D eigenvalue weighted by molar-refractivity contribution is 5.35. The molecule has 3 saturated heterocycles. The second-order valence-electron chi connectivity index (χ2n) is 11.0. The van der Waals surface area contributed by atoms with E-state index in [1.165, 1.54) is 11.1 Å². The largest absolute Gasteiger partial charge is 0.314 e. The van der Waals surface area contributed by atoms with Gasteiger partial charge in [0.25, 0.3) is 0 Å². The molecule has 8 heteroatoms. The van der Waals surface area contributed by atoms with E-state index >= 15 is 0 Å². The van der Waals surface area contributed by atoms with Crippen LogP contribution in [0.4, 0.5) is 0 Å². The van der Waals surface area contributed by atoms with Crippen molar-refractivity contribution in [1.82, 2.24) is 42.5 Å². The molecule has 8 N–H and O–H groups in total. The van der Waals surface area contributed by atoms with Crippen molar-refractivity contribution in [2.75, 3.05) is 78.5 Å². The number of hydrogen-bond acceptors (Lipinski definition) is 8. The molecule has 0 saturated carbocycles. The fraction of sp³-hybridized carbons (Fsp3) is 0.500. The van der Waals surface area contributed by atoms with Gasteiger partial charge in [-0.15, -0.1) is 12.8 Å². The zero-order valence-corrected chi connectivity index (χ0v) is 23.7. The molecule has 5 rings (SSSR count). The molecule has 0 radical (unpaired) electrons. The molecule has 214 valence electrons. The number of nitrogens with one attached hydrogen (secondary N) is 8. The first-order chi connectivity index (χ1) is 19.6. The maximum atomic E-state index is 5.54. The Labute approximate surface area is 240 Å². The van der Waals surface area contributed by atoms with Crippen molar-refractivity contribution in [2.24, 2.45) is 0 Å². The third kappa shape index (κ3) is 9.42. The van der Waals surface area contributed by atoms with Gasteiger partial charge in [-0.3, -0.25) is 0 Å². The van der Waals surface area contributed by atoms with Gasteiger partial charge in [0.05, 0.1) is 11.1 Å². The van der Waals surface area contributed by atoms with Crippen LogP contribution in [0.5, 0.6) is 0 Å². The fourth-order valence-electron chi connectivity index (χ4n) is 5.26. The number of fused-ring (bicyclic) bond motifs is 15. The Balaban J connectivity index is 1.43. The summed E-state index contributed by atoms with van der Waals surface area (Å²) in [5, 5.41) is 30.1. The zero-order chi connectivity index (χ0) is 27.9. The molecule has 8 nitrogen and oxygen atoms in total. The van der Waals surface area contributed by atoms with Gasteiger partial charge in [0.15, 0.2) is 0 Å². The topological polar surface area (TPSA) is 96.2 Å². The Bertz CT molecular complexity index is 967. The fourth-order valence-corrected chi connectivity index (χ4v) is 5.26. The van der Waals surface area contributed by atoms with Crippen LogP contribution in [0, 0.1) is 24.7 Å². The van der Waals surface area contributed by atoms with Gasteiger partial charge in [-0.1, -0.05) is 36.1 Å². The van der Waals surface area contributed by atoms with E-state index in [0.717, 1.165) is 103 Å². The average molecular weight is 543 g/mol. The van der Waals surface area contributed by atoms with Gasteiger partial charge in [-0.25, -0.2) is 0 Å². The first kappa shape index (κ1) is 30.2. The van der Waals surface area contributed by atoms with Gasteiger partial charge in [-0.05, 0) is 35.4 Å². The first-order valence-corrected chi connectivity index (χ1v) is 14.5. The van der Waals surface area contributed by atoms with Crippen LogP contribution in [0.1, 0.15) is 22.3 Å². The molecule has 3 aliphatic heterocycles. The predicted octanol–water partition coefficient (Wildman–Crippen LogP) is -0.429. The van der Waals surface area contributed by atoms with Gasteiger partial charge in [-0.2, -0.15) is 0 Å². The lowest BCUT2D eigenvalue weighted by atomic mass is 9.96. The minimum Gasteiger partial charge on any atom is -0.314 e. The molecule has 2 bridgehead atoms. The molecule has 3 fully saturated rings. The smallest absolute Gasteiger partial charge is 0.0561 e. The van der Waals surface area contributed by atoms with Crippen LogP contribution in [0.2, 0.25) is 0 Å². The van der Waals surface area contributed by atoms with Crippen LogP contribution in [-0.2, 0) is 13.1 Å². The highest BCUT2D eigenvalue weighted by atomic mass is 15.2. The van der Waals surface area contributed by atoms with Gasteiger partial charge >= 0.3 is 0 Å². The summed E-state index contributed by atoms with van der Waals surface area (Å²) in [4.78, 5) is 0. The first-order valence-electron chi connectivity index (χ1n) is 14.5.